The van der Waals surface area contributed by atoms with E-state index in [1.807, 2.05) is 0 Å². The molecule has 2 heteroatoms. The number of hydrogen-bond donors (Lipinski definition) is 0. The third-order valence-electron chi connectivity index (χ3n) is 13.4. The van der Waals surface area contributed by atoms with Gasteiger partial charge in [0, 0.05) is 39.5 Å². The first kappa shape index (κ1) is 34.7. The SMILES string of the molecule is CC(C)C1CCCC(c2ccc(N(c3ccccc3)c3ccccc3)cc2)(c2ccc(N(c3ccccc3)c3ccc(C4CC5CCC4C5)cc3)cc2)C1. The molecule has 0 N–H and O–H groups in total. The van der Waals surface area contributed by atoms with E-state index in [1.165, 1.54) is 102 Å². The molecule has 5 unspecified atom stereocenters. The zero-order valence-electron chi connectivity index (χ0n) is 32.0. The summed E-state index contributed by atoms with van der Waals surface area (Å²) >= 11 is 0. The van der Waals surface area contributed by atoms with E-state index in [1.54, 1.807) is 0 Å². The van der Waals surface area contributed by atoms with E-state index in [0.29, 0.717) is 11.8 Å². The predicted molar refractivity (Wildman–Crippen MR) is 228 cm³/mol. The highest BCUT2D eigenvalue weighted by atomic mass is 15.1. The van der Waals surface area contributed by atoms with Crippen LogP contribution in [0.3, 0.4) is 0 Å². The fourth-order valence-electron chi connectivity index (χ4n) is 10.6. The van der Waals surface area contributed by atoms with Crippen molar-refractivity contribution in [1.29, 1.82) is 0 Å². The zero-order chi connectivity index (χ0) is 36.5. The summed E-state index contributed by atoms with van der Waals surface area (Å²) in [6.07, 6.45) is 10.6. The van der Waals surface area contributed by atoms with Crippen LogP contribution in [-0.4, -0.2) is 0 Å². The number of para-hydroxylation sites is 3. The number of hydrogen-bond acceptors (Lipinski definition) is 2. The highest BCUT2D eigenvalue weighted by Crippen LogP contribution is 2.53. The van der Waals surface area contributed by atoms with Gasteiger partial charge in [0.05, 0.1) is 0 Å². The van der Waals surface area contributed by atoms with E-state index in [0.717, 1.165) is 17.8 Å². The van der Waals surface area contributed by atoms with Gasteiger partial charge in [-0.2, -0.15) is 0 Å². The molecule has 6 aromatic rings. The minimum absolute atomic E-state index is 0.0333. The average Bonchev–Trinajstić information content (AvgIpc) is 3.88. The van der Waals surface area contributed by atoms with Crippen molar-refractivity contribution in [1.82, 2.24) is 0 Å². The smallest absolute Gasteiger partial charge is 0.0461 e. The Labute approximate surface area is 323 Å². The molecular formula is C52H54N2. The van der Waals surface area contributed by atoms with Gasteiger partial charge in [0.2, 0.25) is 0 Å². The van der Waals surface area contributed by atoms with Crippen molar-refractivity contribution < 1.29 is 0 Å². The molecule has 2 nitrogen and oxygen atoms in total. The van der Waals surface area contributed by atoms with Crippen LogP contribution >= 0.6 is 0 Å². The molecule has 6 aromatic carbocycles. The molecule has 5 atom stereocenters. The number of nitrogens with zero attached hydrogens (tertiary/aromatic N) is 2. The lowest BCUT2D eigenvalue weighted by atomic mass is 9.60. The van der Waals surface area contributed by atoms with Crippen LogP contribution in [0.15, 0.2) is 164 Å². The fourth-order valence-corrected chi connectivity index (χ4v) is 10.6. The number of fused-ring (bicyclic) bond motifs is 2. The first-order valence-corrected chi connectivity index (χ1v) is 20.6. The Morgan fingerprint density at radius 3 is 1.33 bits per heavy atom. The number of anilines is 6. The van der Waals surface area contributed by atoms with Gasteiger partial charge in [-0.3, -0.25) is 0 Å². The van der Waals surface area contributed by atoms with Gasteiger partial charge < -0.3 is 9.80 Å². The van der Waals surface area contributed by atoms with Crippen LogP contribution in [0.25, 0.3) is 0 Å². The highest BCUT2D eigenvalue weighted by Gasteiger charge is 2.41. The Balaban J connectivity index is 1.07. The van der Waals surface area contributed by atoms with Crippen LogP contribution in [0.2, 0.25) is 0 Å². The maximum Gasteiger partial charge on any atom is 0.0461 e. The van der Waals surface area contributed by atoms with Crippen LogP contribution in [0.5, 0.6) is 0 Å². The third kappa shape index (κ3) is 6.66. The normalized spacial score (nSPS) is 23.4. The van der Waals surface area contributed by atoms with Crippen LogP contribution in [-0.2, 0) is 5.41 Å². The molecule has 3 aliphatic rings. The van der Waals surface area contributed by atoms with E-state index in [2.05, 4.69) is 187 Å². The van der Waals surface area contributed by atoms with Crippen molar-refractivity contribution in [3.8, 4) is 0 Å². The van der Waals surface area contributed by atoms with Crippen molar-refractivity contribution >= 4 is 34.1 Å². The van der Waals surface area contributed by atoms with Crippen LogP contribution in [0.1, 0.15) is 87.8 Å². The minimum Gasteiger partial charge on any atom is -0.311 e. The summed E-state index contributed by atoms with van der Waals surface area (Å²) in [7, 11) is 0. The molecule has 272 valence electrons. The Hall–Kier alpha value is -5.08. The van der Waals surface area contributed by atoms with Gasteiger partial charge in [0.15, 0.2) is 0 Å². The maximum absolute atomic E-state index is 2.45. The average molecular weight is 707 g/mol. The first-order valence-electron chi connectivity index (χ1n) is 20.6. The van der Waals surface area contributed by atoms with Gasteiger partial charge in [-0.1, -0.05) is 124 Å². The van der Waals surface area contributed by atoms with E-state index in [9.17, 15) is 0 Å². The van der Waals surface area contributed by atoms with Crippen molar-refractivity contribution in [2.75, 3.05) is 9.80 Å². The number of benzene rings is 6. The third-order valence-corrected chi connectivity index (χ3v) is 13.4. The van der Waals surface area contributed by atoms with Gasteiger partial charge in [-0.15, -0.1) is 0 Å². The maximum atomic E-state index is 2.45. The highest BCUT2D eigenvalue weighted by molar-refractivity contribution is 5.78. The molecule has 3 aliphatic carbocycles. The van der Waals surface area contributed by atoms with E-state index >= 15 is 0 Å². The summed E-state index contributed by atoms with van der Waals surface area (Å²) < 4.78 is 0. The molecule has 0 amide bonds. The molecule has 0 saturated heterocycles. The lowest BCUT2D eigenvalue weighted by Gasteiger charge is -2.44. The van der Waals surface area contributed by atoms with Gasteiger partial charge in [0.1, 0.15) is 0 Å². The molecule has 3 saturated carbocycles. The second-order valence-electron chi connectivity index (χ2n) is 16.8. The van der Waals surface area contributed by atoms with E-state index < -0.39 is 0 Å². The topological polar surface area (TPSA) is 6.48 Å². The standard InChI is InChI=1S/C52H54N2/c1-38(2)42-13-12-34-52(37-42,43-24-30-49(31-25-43)53(45-14-6-3-7-15-45)46-16-8-4-9-17-46)44-26-32-50(33-27-44)54(47-18-10-5-11-19-47)48-28-22-40(23-29-48)51-36-39-20-21-41(51)35-39/h3-11,14-19,22-33,38-39,41-42,51H,12-13,20-21,34-37H2,1-2H3. The Bertz CT molecular complexity index is 2070. The van der Waals surface area contributed by atoms with Gasteiger partial charge in [-0.25, -0.2) is 0 Å². The molecule has 2 bridgehead atoms. The second kappa shape index (κ2) is 15.0. The Kier molecular flexibility index (Phi) is 9.62. The van der Waals surface area contributed by atoms with E-state index in [-0.39, 0.29) is 5.41 Å². The molecule has 54 heavy (non-hydrogen) atoms. The van der Waals surface area contributed by atoms with Crippen molar-refractivity contribution in [3.05, 3.63) is 180 Å². The molecular weight excluding hydrogens is 653 g/mol. The molecule has 0 aliphatic heterocycles. The zero-order valence-corrected chi connectivity index (χ0v) is 32.0. The lowest BCUT2D eigenvalue weighted by molar-refractivity contribution is 0.207. The predicted octanol–water partition coefficient (Wildman–Crippen LogP) is 14.7. The lowest BCUT2D eigenvalue weighted by Crippen LogP contribution is -2.36. The summed E-state index contributed by atoms with van der Waals surface area (Å²) in [5.74, 6) is 3.95. The van der Waals surface area contributed by atoms with Crippen LogP contribution < -0.4 is 9.80 Å². The summed E-state index contributed by atoms with van der Waals surface area (Å²) in [4.78, 5) is 4.81. The second-order valence-corrected chi connectivity index (χ2v) is 16.8. The molecule has 0 aromatic heterocycles. The van der Waals surface area contributed by atoms with Gasteiger partial charge >= 0.3 is 0 Å². The van der Waals surface area contributed by atoms with Crippen molar-refractivity contribution in [2.45, 2.75) is 76.5 Å². The fraction of sp³-hybridized carbons (Fsp3) is 0.308. The first-order chi connectivity index (χ1) is 26.6. The summed E-state index contributed by atoms with van der Waals surface area (Å²) in [5.41, 5.74) is 11.5. The van der Waals surface area contributed by atoms with Crippen LogP contribution in [0.4, 0.5) is 34.1 Å². The molecule has 9 rings (SSSR count). The monoisotopic (exact) mass is 706 g/mol. The molecule has 0 radical (unpaired) electrons. The van der Waals surface area contributed by atoms with Gasteiger partial charge in [-0.05, 0) is 151 Å². The molecule has 0 spiro atoms. The number of rotatable bonds is 10. The largest absolute Gasteiger partial charge is 0.311 e. The minimum atomic E-state index is -0.0333. The van der Waals surface area contributed by atoms with Crippen molar-refractivity contribution in [2.24, 2.45) is 23.7 Å². The Morgan fingerprint density at radius 1 is 0.481 bits per heavy atom. The Morgan fingerprint density at radius 2 is 0.926 bits per heavy atom. The quantitative estimate of drug-likeness (QED) is 0.140. The summed E-state index contributed by atoms with van der Waals surface area (Å²) in [6, 6.07) is 61.2. The van der Waals surface area contributed by atoms with Gasteiger partial charge in [0.25, 0.3) is 0 Å². The van der Waals surface area contributed by atoms with E-state index in [4.69, 9.17) is 0 Å². The van der Waals surface area contributed by atoms with Crippen LogP contribution in [0, 0.1) is 23.7 Å². The van der Waals surface area contributed by atoms with Crippen molar-refractivity contribution in [3.63, 3.8) is 0 Å². The summed E-state index contributed by atoms with van der Waals surface area (Å²) in [5, 5.41) is 0. The summed E-state index contributed by atoms with van der Waals surface area (Å²) in [6.45, 7) is 4.84. The molecule has 0 heterocycles. The molecule has 3 fully saturated rings.